The molecule has 0 radical (unpaired) electrons. The van der Waals surface area contributed by atoms with Gasteiger partial charge in [0.1, 0.15) is 0 Å². The van der Waals surface area contributed by atoms with Crippen LogP contribution in [0.4, 0.5) is 5.69 Å². The number of amides is 2. The third-order valence-electron chi connectivity index (χ3n) is 2.89. The minimum Gasteiger partial charge on any atom is -0.366 e. The Labute approximate surface area is 122 Å². The van der Waals surface area contributed by atoms with Gasteiger partial charge in [-0.3, -0.25) is 9.59 Å². The molecular formula is C15H14N2O2S. The summed E-state index contributed by atoms with van der Waals surface area (Å²) in [5.74, 6) is -0.716. The molecule has 0 heterocycles. The van der Waals surface area contributed by atoms with E-state index in [1.54, 1.807) is 30.3 Å². The van der Waals surface area contributed by atoms with Crippen molar-refractivity contribution in [2.45, 2.75) is 11.8 Å². The van der Waals surface area contributed by atoms with Crippen LogP contribution in [0.3, 0.4) is 0 Å². The van der Waals surface area contributed by atoms with E-state index in [1.807, 2.05) is 19.1 Å². The Kier molecular flexibility index (Phi) is 4.10. The summed E-state index contributed by atoms with van der Waals surface area (Å²) >= 11 is 4.23. The number of aryl methyl sites for hydroxylation is 1. The molecule has 0 fully saturated rings. The monoisotopic (exact) mass is 286 g/mol. The fourth-order valence-electron chi connectivity index (χ4n) is 1.77. The van der Waals surface area contributed by atoms with Gasteiger partial charge in [0.25, 0.3) is 5.91 Å². The Bertz CT molecular complexity index is 666. The van der Waals surface area contributed by atoms with Crippen molar-refractivity contribution in [1.29, 1.82) is 0 Å². The molecule has 0 aliphatic carbocycles. The molecule has 2 amide bonds. The first-order chi connectivity index (χ1) is 9.47. The van der Waals surface area contributed by atoms with Crippen molar-refractivity contribution in [3.63, 3.8) is 0 Å². The maximum Gasteiger partial charge on any atom is 0.255 e. The standard InChI is InChI=1S/C15H14N2O2S/c1-9-2-7-12(20)8-13(9)15(19)17-11-5-3-10(4-6-11)14(16)18/h2-8,20H,1H3,(H2,16,18)(H,17,19). The number of benzene rings is 2. The molecule has 0 atom stereocenters. The van der Waals surface area contributed by atoms with Gasteiger partial charge >= 0.3 is 0 Å². The van der Waals surface area contributed by atoms with Crippen LogP contribution < -0.4 is 11.1 Å². The van der Waals surface area contributed by atoms with E-state index >= 15 is 0 Å². The number of nitrogens with one attached hydrogen (secondary N) is 1. The number of anilines is 1. The van der Waals surface area contributed by atoms with Crippen molar-refractivity contribution in [1.82, 2.24) is 0 Å². The Morgan fingerprint density at radius 3 is 2.35 bits per heavy atom. The van der Waals surface area contributed by atoms with Gasteiger partial charge in [0.15, 0.2) is 0 Å². The predicted octanol–water partition coefficient (Wildman–Crippen LogP) is 2.63. The van der Waals surface area contributed by atoms with E-state index in [0.29, 0.717) is 16.8 Å². The van der Waals surface area contributed by atoms with Gasteiger partial charge in [-0.1, -0.05) is 6.07 Å². The highest BCUT2D eigenvalue weighted by Gasteiger charge is 2.10. The molecule has 2 rings (SSSR count). The Balaban J connectivity index is 2.19. The molecule has 0 bridgehead atoms. The number of hydrogen-bond donors (Lipinski definition) is 3. The number of carbonyl (C=O) groups is 2. The molecule has 0 saturated heterocycles. The largest absolute Gasteiger partial charge is 0.366 e. The van der Waals surface area contributed by atoms with Crippen LogP contribution in [0.15, 0.2) is 47.4 Å². The van der Waals surface area contributed by atoms with Gasteiger partial charge in [0, 0.05) is 21.7 Å². The number of carbonyl (C=O) groups excluding carboxylic acids is 2. The lowest BCUT2D eigenvalue weighted by molar-refractivity contribution is 0.0998. The quantitative estimate of drug-likeness (QED) is 0.759. The number of hydrogen-bond acceptors (Lipinski definition) is 3. The van der Waals surface area contributed by atoms with Gasteiger partial charge in [-0.2, -0.15) is 0 Å². The topological polar surface area (TPSA) is 72.2 Å². The Hall–Kier alpha value is -2.27. The molecule has 2 aromatic rings. The highest BCUT2D eigenvalue weighted by molar-refractivity contribution is 7.80. The van der Waals surface area contributed by atoms with E-state index in [0.717, 1.165) is 10.5 Å². The summed E-state index contributed by atoms with van der Waals surface area (Å²) in [4.78, 5) is 23.9. The summed E-state index contributed by atoms with van der Waals surface area (Å²) < 4.78 is 0. The number of rotatable bonds is 3. The Morgan fingerprint density at radius 2 is 1.75 bits per heavy atom. The molecule has 0 aromatic heterocycles. The van der Waals surface area contributed by atoms with Gasteiger partial charge in [-0.25, -0.2) is 0 Å². The summed E-state index contributed by atoms with van der Waals surface area (Å²) in [6.45, 7) is 1.86. The second-order valence-corrected chi connectivity index (χ2v) is 4.91. The van der Waals surface area contributed by atoms with Gasteiger partial charge in [-0.05, 0) is 48.9 Å². The third-order valence-corrected chi connectivity index (χ3v) is 3.17. The first-order valence-electron chi connectivity index (χ1n) is 5.98. The molecule has 0 spiro atoms. The average Bonchev–Trinajstić information content (AvgIpc) is 2.42. The lowest BCUT2D eigenvalue weighted by atomic mass is 10.1. The fraction of sp³-hybridized carbons (Fsp3) is 0.0667. The molecule has 4 nitrogen and oxygen atoms in total. The van der Waals surface area contributed by atoms with Crippen LogP contribution in [0.5, 0.6) is 0 Å². The highest BCUT2D eigenvalue weighted by atomic mass is 32.1. The summed E-state index contributed by atoms with van der Waals surface area (Å²) in [5.41, 5.74) is 7.59. The van der Waals surface area contributed by atoms with E-state index in [9.17, 15) is 9.59 Å². The van der Waals surface area contributed by atoms with Crippen LogP contribution in [-0.2, 0) is 0 Å². The van der Waals surface area contributed by atoms with Crippen LogP contribution >= 0.6 is 12.6 Å². The van der Waals surface area contributed by atoms with E-state index in [4.69, 9.17) is 5.73 Å². The van der Waals surface area contributed by atoms with Gasteiger partial charge < -0.3 is 11.1 Å². The average molecular weight is 286 g/mol. The molecule has 102 valence electrons. The van der Waals surface area contributed by atoms with Crippen LogP contribution in [0.2, 0.25) is 0 Å². The van der Waals surface area contributed by atoms with Gasteiger partial charge in [0.05, 0.1) is 0 Å². The minimum atomic E-state index is -0.499. The van der Waals surface area contributed by atoms with Crippen molar-refractivity contribution < 1.29 is 9.59 Å². The maximum atomic E-state index is 12.2. The number of primary amides is 1. The van der Waals surface area contributed by atoms with Crippen LogP contribution in [0.1, 0.15) is 26.3 Å². The van der Waals surface area contributed by atoms with E-state index < -0.39 is 5.91 Å². The third kappa shape index (κ3) is 3.19. The molecule has 20 heavy (non-hydrogen) atoms. The molecule has 5 heteroatoms. The zero-order valence-electron chi connectivity index (χ0n) is 10.9. The molecule has 0 saturated carbocycles. The lowest BCUT2D eigenvalue weighted by Crippen LogP contribution is -2.14. The second-order valence-electron chi connectivity index (χ2n) is 4.39. The fourth-order valence-corrected chi connectivity index (χ4v) is 1.97. The van der Waals surface area contributed by atoms with E-state index in [2.05, 4.69) is 17.9 Å². The molecular weight excluding hydrogens is 272 g/mol. The smallest absolute Gasteiger partial charge is 0.255 e. The maximum absolute atomic E-state index is 12.2. The first-order valence-corrected chi connectivity index (χ1v) is 6.43. The molecule has 0 aliphatic rings. The number of nitrogens with two attached hydrogens (primary N) is 1. The molecule has 3 N–H and O–H groups in total. The molecule has 2 aromatic carbocycles. The Morgan fingerprint density at radius 1 is 1.10 bits per heavy atom. The second kappa shape index (κ2) is 5.79. The zero-order valence-corrected chi connectivity index (χ0v) is 11.8. The van der Waals surface area contributed by atoms with Crippen LogP contribution in [0, 0.1) is 6.92 Å². The van der Waals surface area contributed by atoms with Crippen molar-refractivity contribution in [3.05, 3.63) is 59.2 Å². The van der Waals surface area contributed by atoms with Gasteiger partial charge in [-0.15, -0.1) is 12.6 Å². The van der Waals surface area contributed by atoms with E-state index in [1.165, 1.54) is 0 Å². The highest BCUT2D eigenvalue weighted by Crippen LogP contribution is 2.16. The van der Waals surface area contributed by atoms with E-state index in [-0.39, 0.29) is 5.91 Å². The van der Waals surface area contributed by atoms with Gasteiger partial charge in [0.2, 0.25) is 5.91 Å². The lowest BCUT2D eigenvalue weighted by Gasteiger charge is -2.08. The van der Waals surface area contributed by atoms with Crippen LogP contribution in [0.25, 0.3) is 0 Å². The summed E-state index contributed by atoms with van der Waals surface area (Å²) in [6, 6.07) is 11.8. The molecule has 0 aliphatic heterocycles. The summed E-state index contributed by atoms with van der Waals surface area (Å²) in [5, 5.41) is 2.77. The van der Waals surface area contributed by atoms with Crippen molar-refractivity contribution in [2.24, 2.45) is 5.73 Å². The van der Waals surface area contributed by atoms with Crippen molar-refractivity contribution in [2.75, 3.05) is 5.32 Å². The normalized spacial score (nSPS) is 10.1. The first kappa shape index (κ1) is 14.1. The molecule has 0 unspecified atom stereocenters. The zero-order chi connectivity index (χ0) is 14.7. The van der Waals surface area contributed by atoms with Crippen LogP contribution in [-0.4, -0.2) is 11.8 Å². The van der Waals surface area contributed by atoms with Crippen molar-refractivity contribution in [3.8, 4) is 0 Å². The van der Waals surface area contributed by atoms with Crippen molar-refractivity contribution >= 4 is 30.1 Å². The summed E-state index contributed by atoms with van der Waals surface area (Å²) in [6.07, 6.45) is 0. The SMILES string of the molecule is Cc1ccc(S)cc1C(=O)Nc1ccc(C(N)=O)cc1. The summed E-state index contributed by atoms with van der Waals surface area (Å²) in [7, 11) is 0. The predicted molar refractivity (Wildman–Crippen MR) is 81.3 cm³/mol. The number of thiol groups is 1. The minimum absolute atomic E-state index is 0.217.